The van der Waals surface area contributed by atoms with Gasteiger partial charge in [-0.25, -0.2) is 4.98 Å². The highest BCUT2D eigenvalue weighted by atomic mass is 19.4. The molecule has 0 spiro atoms. The lowest BCUT2D eigenvalue weighted by molar-refractivity contribution is -0.137. The highest BCUT2D eigenvalue weighted by molar-refractivity contribution is 5.91. The molecule has 0 aliphatic rings. The number of alkyl halides is 3. The van der Waals surface area contributed by atoms with Gasteiger partial charge in [0.2, 0.25) is 0 Å². The maximum Gasteiger partial charge on any atom is 0.416 e. The molecule has 8 heteroatoms. The summed E-state index contributed by atoms with van der Waals surface area (Å²) >= 11 is 0. The van der Waals surface area contributed by atoms with Crippen LogP contribution in [0, 0.1) is 6.92 Å². The third-order valence-electron chi connectivity index (χ3n) is 4.79. The van der Waals surface area contributed by atoms with Crippen LogP contribution in [0.5, 0.6) is 0 Å². The molecule has 0 radical (unpaired) electrons. The fourth-order valence-electron chi connectivity index (χ4n) is 3.22. The number of aromatic nitrogens is 2. The molecule has 0 bridgehead atoms. The molecule has 0 saturated carbocycles. The lowest BCUT2D eigenvalue weighted by atomic mass is 10.1. The minimum Gasteiger partial charge on any atom is -0.373 e. The summed E-state index contributed by atoms with van der Waals surface area (Å²) in [6.45, 7) is 3.18. The molecule has 0 aliphatic heterocycles. The summed E-state index contributed by atoms with van der Waals surface area (Å²) in [5.74, 6) is 0.412. The fraction of sp³-hybridized carbons (Fsp3) is 0.333. The Labute approximate surface area is 167 Å². The topological polar surface area (TPSA) is 41.4 Å². The highest BCUT2D eigenvalue weighted by Crippen LogP contribution is 2.30. The predicted octanol–water partition coefficient (Wildman–Crippen LogP) is 3.71. The number of hydrogen-bond acceptors (Lipinski definition) is 4. The van der Waals surface area contributed by atoms with Crippen molar-refractivity contribution in [3.05, 3.63) is 64.2 Å². The summed E-state index contributed by atoms with van der Waals surface area (Å²) in [6, 6.07) is 10.0. The molecular weight excluding hydrogens is 381 g/mol. The van der Waals surface area contributed by atoms with E-state index in [1.807, 2.05) is 43.1 Å². The second kappa shape index (κ2) is 7.87. The van der Waals surface area contributed by atoms with Gasteiger partial charge in [-0.3, -0.25) is 9.36 Å². The van der Waals surface area contributed by atoms with Gasteiger partial charge >= 0.3 is 6.18 Å². The monoisotopic (exact) mass is 404 g/mol. The summed E-state index contributed by atoms with van der Waals surface area (Å²) in [4.78, 5) is 21.9. The van der Waals surface area contributed by atoms with E-state index in [-0.39, 0.29) is 5.56 Å². The van der Waals surface area contributed by atoms with Gasteiger partial charge in [0.25, 0.3) is 5.56 Å². The summed E-state index contributed by atoms with van der Waals surface area (Å²) in [7, 11) is 5.85. The molecule has 3 aromatic rings. The Balaban J connectivity index is 2.14. The lowest BCUT2D eigenvalue weighted by Gasteiger charge is -2.23. The third kappa shape index (κ3) is 4.27. The van der Waals surface area contributed by atoms with Gasteiger partial charge in [0, 0.05) is 20.1 Å². The van der Waals surface area contributed by atoms with Gasteiger partial charge in [0.15, 0.2) is 0 Å². The number of fused-ring (bicyclic) bond motifs is 1. The van der Waals surface area contributed by atoms with Crippen molar-refractivity contribution in [2.75, 3.05) is 39.1 Å². The van der Waals surface area contributed by atoms with E-state index < -0.39 is 11.7 Å². The fourth-order valence-corrected chi connectivity index (χ4v) is 3.22. The first-order valence-electron chi connectivity index (χ1n) is 9.15. The summed E-state index contributed by atoms with van der Waals surface area (Å²) in [5, 5.41) is 0.444. The predicted molar refractivity (Wildman–Crippen MR) is 109 cm³/mol. The summed E-state index contributed by atoms with van der Waals surface area (Å²) in [5.41, 5.74) is 0.581. The van der Waals surface area contributed by atoms with Gasteiger partial charge < -0.3 is 9.80 Å². The van der Waals surface area contributed by atoms with Crippen molar-refractivity contribution in [1.29, 1.82) is 0 Å². The van der Waals surface area contributed by atoms with E-state index in [9.17, 15) is 18.0 Å². The number of benzene rings is 2. The standard InChI is InChI=1S/C21H23F3N4O/c1-14-25-17-6-5-7-18(27(4)13-12-26(2)3)19(17)20(29)28(14)16-10-8-15(9-11-16)21(22,23)24/h5-11H,12-13H2,1-4H3. The van der Waals surface area contributed by atoms with Gasteiger partial charge in [-0.2, -0.15) is 13.2 Å². The van der Waals surface area contributed by atoms with Crippen molar-refractivity contribution in [3.63, 3.8) is 0 Å². The molecule has 0 aliphatic carbocycles. The number of nitrogens with zero attached hydrogens (tertiary/aromatic N) is 4. The molecule has 5 nitrogen and oxygen atoms in total. The Hall–Kier alpha value is -2.87. The first-order chi connectivity index (χ1) is 13.6. The van der Waals surface area contributed by atoms with Gasteiger partial charge in [-0.05, 0) is 57.4 Å². The summed E-state index contributed by atoms with van der Waals surface area (Å²) in [6.07, 6.45) is -4.43. The molecule has 2 aromatic carbocycles. The van der Waals surface area contributed by atoms with E-state index in [1.54, 1.807) is 13.0 Å². The molecule has 0 amide bonds. The van der Waals surface area contributed by atoms with E-state index in [0.29, 0.717) is 29.0 Å². The smallest absolute Gasteiger partial charge is 0.373 e. The van der Waals surface area contributed by atoms with E-state index in [2.05, 4.69) is 4.98 Å². The number of halogens is 3. The maximum atomic E-state index is 13.4. The minimum absolute atomic E-state index is 0.306. The zero-order valence-electron chi connectivity index (χ0n) is 16.8. The van der Waals surface area contributed by atoms with E-state index in [4.69, 9.17) is 0 Å². The number of anilines is 1. The number of aryl methyl sites for hydroxylation is 1. The Morgan fingerprint density at radius 2 is 1.66 bits per heavy atom. The van der Waals surface area contributed by atoms with Gasteiger partial charge in [0.05, 0.1) is 27.8 Å². The van der Waals surface area contributed by atoms with Crippen molar-refractivity contribution in [2.45, 2.75) is 13.1 Å². The SMILES string of the molecule is Cc1nc2cccc(N(C)CCN(C)C)c2c(=O)n1-c1ccc(C(F)(F)F)cc1. The molecule has 0 fully saturated rings. The zero-order chi connectivity index (χ0) is 21.3. The number of likely N-dealkylation sites (N-methyl/N-ethyl adjacent to an activating group) is 2. The van der Waals surface area contributed by atoms with Gasteiger partial charge in [-0.15, -0.1) is 0 Å². The van der Waals surface area contributed by atoms with Crippen LogP contribution in [0.4, 0.5) is 18.9 Å². The minimum atomic E-state index is -4.43. The third-order valence-corrected chi connectivity index (χ3v) is 4.79. The Kier molecular flexibility index (Phi) is 5.66. The molecule has 0 atom stereocenters. The van der Waals surface area contributed by atoms with Crippen LogP contribution in [0.1, 0.15) is 11.4 Å². The zero-order valence-corrected chi connectivity index (χ0v) is 16.8. The summed E-state index contributed by atoms with van der Waals surface area (Å²) < 4.78 is 40.0. The molecule has 0 saturated heterocycles. The van der Waals surface area contributed by atoms with Crippen LogP contribution in [0.25, 0.3) is 16.6 Å². The van der Waals surface area contributed by atoms with E-state index >= 15 is 0 Å². The maximum absolute atomic E-state index is 13.4. The first-order valence-corrected chi connectivity index (χ1v) is 9.15. The van der Waals surface area contributed by atoms with Gasteiger partial charge in [0.1, 0.15) is 5.82 Å². The first kappa shape index (κ1) is 20.9. The number of hydrogen-bond donors (Lipinski definition) is 0. The Bertz CT molecular complexity index is 1070. The van der Waals surface area contributed by atoms with Crippen molar-refractivity contribution >= 4 is 16.6 Å². The van der Waals surface area contributed by atoms with Crippen LogP contribution in [-0.2, 0) is 6.18 Å². The molecule has 3 rings (SSSR count). The van der Waals surface area contributed by atoms with Crippen molar-refractivity contribution in [2.24, 2.45) is 0 Å². The quantitative estimate of drug-likeness (QED) is 0.650. The molecular formula is C21H23F3N4O. The van der Waals surface area contributed by atoms with Crippen molar-refractivity contribution in [3.8, 4) is 5.69 Å². The number of rotatable bonds is 5. The van der Waals surface area contributed by atoms with Crippen LogP contribution in [-0.4, -0.2) is 48.7 Å². The van der Waals surface area contributed by atoms with Crippen LogP contribution in [0.15, 0.2) is 47.3 Å². The Morgan fingerprint density at radius 3 is 2.24 bits per heavy atom. The van der Waals surface area contributed by atoms with Crippen LogP contribution in [0.2, 0.25) is 0 Å². The van der Waals surface area contributed by atoms with Crippen LogP contribution in [0.3, 0.4) is 0 Å². The average Bonchev–Trinajstić information content (AvgIpc) is 2.65. The van der Waals surface area contributed by atoms with E-state index in [1.165, 1.54) is 16.7 Å². The second-order valence-electron chi connectivity index (χ2n) is 7.24. The highest BCUT2D eigenvalue weighted by Gasteiger charge is 2.30. The Morgan fingerprint density at radius 1 is 1.00 bits per heavy atom. The van der Waals surface area contributed by atoms with E-state index in [0.717, 1.165) is 24.4 Å². The van der Waals surface area contributed by atoms with Crippen molar-refractivity contribution in [1.82, 2.24) is 14.5 Å². The molecule has 0 N–H and O–H groups in total. The van der Waals surface area contributed by atoms with Crippen molar-refractivity contribution < 1.29 is 13.2 Å². The average molecular weight is 404 g/mol. The molecule has 1 aromatic heterocycles. The normalized spacial score (nSPS) is 12.0. The van der Waals surface area contributed by atoms with Crippen LogP contribution >= 0.6 is 0 Å². The molecule has 0 unspecified atom stereocenters. The molecule has 29 heavy (non-hydrogen) atoms. The second-order valence-corrected chi connectivity index (χ2v) is 7.24. The van der Waals surface area contributed by atoms with Crippen LogP contribution < -0.4 is 10.5 Å². The van der Waals surface area contributed by atoms with Gasteiger partial charge in [-0.1, -0.05) is 6.07 Å². The lowest BCUT2D eigenvalue weighted by Crippen LogP contribution is -2.30. The molecule has 1 heterocycles. The molecule has 154 valence electrons. The largest absolute Gasteiger partial charge is 0.416 e.